The normalized spacial score (nSPS) is 31.8. The van der Waals surface area contributed by atoms with Crippen molar-refractivity contribution in [3.8, 4) is 0 Å². The SMILES string of the molecule is CCN(CC1CCC1)CC1CC12CCNCC2. The highest BCUT2D eigenvalue weighted by molar-refractivity contribution is 5.05. The van der Waals surface area contributed by atoms with Crippen molar-refractivity contribution in [3.05, 3.63) is 0 Å². The van der Waals surface area contributed by atoms with E-state index in [1.165, 1.54) is 71.2 Å². The van der Waals surface area contributed by atoms with Crippen LogP contribution in [0.15, 0.2) is 0 Å². The average molecular weight is 236 g/mol. The number of nitrogens with zero attached hydrogens (tertiary/aromatic N) is 1. The molecule has 0 bridgehead atoms. The smallest absolute Gasteiger partial charge is 0.00152 e. The molecule has 0 aromatic carbocycles. The third-order valence-electron chi connectivity index (χ3n) is 5.63. The van der Waals surface area contributed by atoms with E-state index in [9.17, 15) is 0 Å². The fraction of sp³-hybridized carbons (Fsp3) is 1.00. The lowest BCUT2D eigenvalue weighted by atomic mass is 9.85. The lowest BCUT2D eigenvalue weighted by Gasteiger charge is -2.33. The molecule has 1 saturated heterocycles. The Morgan fingerprint density at radius 1 is 1.18 bits per heavy atom. The Labute approximate surface area is 106 Å². The molecule has 1 N–H and O–H groups in total. The minimum Gasteiger partial charge on any atom is -0.317 e. The third-order valence-corrected chi connectivity index (χ3v) is 5.63. The summed E-state index contributed by atoms with van der Waals surface area (Å²) in [5, 5.41) is 3.51. The maximum absolute atomic E-state index is 3.51. The van der Waals surface area contributed by atoms with Crippen LogP contribution >= 0.6 is 0 Å². The molecule has 1 atom stereocenters. The second-order valence-corrected chi connectivity index (χ2v) is 6.66. The maximum Gasteiger partial charge on any atom is 0.00152 e. The van der Waals surface area contributed by atoms with Crippen LogP contribution < -0.4 is 5.32 Å². The fourth-order valence-electron chi connectivity index (χ4n) is 3.91. The van der Waals surface area contributed by atoms with E-state index in [1.807, 2.05) is 0 Å². The fourth-order valence-corrected chi connectivity index (χ4v) is 3.91. The van der Waals surface area contributed by atoms with Gasteiger partial charge < -0.3 is 10.2 Å². The number of piperidine rings is 1. The van der Waals surface area contributed by atoms with E-state index in [0.29, 0.717) is 0 Å². The Hall–Kier alpha value is -0.0800. The van der Waals surface area contributed by atoms with Crippen molar-refractivity contribution in [1.29, 1.82) is 0 Å². The van der Waals surface area contributed by atoms with Crippen LogP contribution in [0.2, 0.25) is 0 Å². The first-order valence-corrected chi connectivity index (χ1v) is 7.75. The van der Waals surface area contributed by atoms with Crippen LogP contribution in [0.4, 0.5) is 0 Å². The summed E-state index contributed by atoms with van der Waals surface area (Å²) in [7, 11) is 0. The van der Waals surface area contributed by atoms with Crippen molar-refractivity contribution < 1.29 is 0 Å². The molecule has 1 heterocycles. The van der Waals surface area contributed by atoms with Gasteiger partial charge in [0.05, 0.1) is 0 Å². The lowest BCUT2D eigenvalue weighted by molar-refractivity contribution is 0.167. The van der Waals surface area contributed by atoms with Gasteiger partial charge in [-0.25, -0.2) is 0 Å². The van der Waals surface area contributed by atoms with Crippen LogP contribution in [0, 0.1) is 17.3 Å². The monoisotopic (exact) mass is 236 g/mol. The molecule has 3 aliphatic rings. The molecule has 0 amide bonds. The second kappa shape index (κ2) is 4.89. The summed E-state index contributed by atoms with van der Waals surface area (Å²) in [6, 6.07) is 0. The van der Waals surface area contributed by atoms with Crippen LogP contribution in [-0.4, -0.2) is 37.6 Å². The summed E-state index contributed by atoms with van der Waals surface area (Å²) in [6.07, 6.45) is 8.89. The predicted octanol–water partition coefficient (Wildman–Crippen LogP) is 2.50. The minimum absolute atomic E-state index is 0.776. The van der Waals surface area contributed by atoms with Gasteiger partial charge in [0.15, 0.2) is 0 Å². The van der Waals surface area contributed by atoms with Crippen LogP contribution in [0.25, 0.3) is 0 Å². The molecule has 3 rings (SSSR count). The van der Waals surface area contributed by atoms with Gasteiger partial charge in [0.25, 0.3) is 0 Å². The first-order valence-electron chi connectivity index (χ1n) is 7.75. The Kier molecular flexibility index (Phi) is 3.45. The van der Waals surface area contributed by atoms with Crippen molar-refractivity contribution in [2.75, 3.05) is 32.7 Å². The number of nitrogens with one attached hydrogen (secondary N) is 1. The van der Waals surface area contributed by atoms with Crippen LogP contribution in [0.3, 0.4) is 0 Å². The van der Waals surface area contributed by atoms with E-state index in [4.69, 9.17) is 0 Å². The molecule has 0 aromatic rings. The zero-order valence-corrected chi connectivity index (χ0v) is 11.4. The first kappa shape index (κ1) is 12.0. The Balaban J connectivity index is 1.45. The number of hydrogen-bond donors (Lipinski definition) is 1. The molecule has 2 nitrogen and oxygen atoms in total. The molecule has 2 heteroatoms. The van der Waals surface area contributed by atoms with E-state index in [-0.39, 0.29) is 0 Å². The van der Waals surface area contributed by atoms with Gasteiger partial charge in [-0.15, -0.1) is 0 Å². The molecule has 1 spiro atoms. The highest BCUT2D eigenvalue weighted by atomic mass is 15.1. The number of rotatable bonds is 5. The largest absolute Gasteiger partial charge is 0.317 e. The molecule has 3 fully saturated rings. The van der Waals surface area contributed by atoms with Crippen molar-refractivity contribution in [2.45, 2.75) is 45.4 Å². The minimum atomic E-state index is 0.776. The quantitative estimate of drug-likeness (QED) is 0.789. The highest BCUT2D eigenvalue weighted by Crippen LogP contribution is 2.58. The van der Waals surface area contributed by atoms with Gasteiger partial charge in [-0.2, -0.15) is 0 Å². The van der Waals surface area contributed by atoms with E-state index < -0.39 is 0 Å². The third kappa shape index (κ3) is 2.53. The Morgan fingerprint density at radius 2 is 1.94 bits per heavy atom. The zero-order chi connectivity index (χ0) is 11.7. The summed E-state index contributed by atoms with van der Waals surface area (Å²) >= 11 is 0. The second-order valence-electron chi connectivity index (χ2n) is 6.66. The van der Waals surface area contributed by atoms with Crippen LogP contribution in [0.1, 0.15) is 45.4 Å². The molecule has 0 radical (unpaired) electrons. The number of hydrogen-bond acceptors (Lipinski definition) is 2. The molecule has 1 unspecified atom stereocenters. The van der Waals surface area contributed by atoms with Crippen LogP contribution in [-0.2, 0) is 0 Å². The standard InChI is InChI=1S/C15H28N2/c1-2-17(11-13-4-3-5-13)12-14-10-15(14)6-8-16-9-7-15/h13-14,16H,2-12H2,1H3. The highest BCUT2D eigenvalue weighted by Gasteiger charge is 2.53. The Morgan fingerprint density at radius 3 is 2.53 bits per heavy atom. The van der Waals surface area contributed by atoms with E-state index in [2.05, 4.69) is 17.1 Å². The summed E-state index contributed by atoms with van der Waals surface area (Å²) < 4.78 is 0. The maximum atomic E-state index is 3.51. The van der Waals surface area contributed by atoms with Crippen molar-refractivity contribution in [2.24, 2.45) is 17.3 Å². The summed E-state index contributed by atoms with van der Waals surface area (Å²) in [6.45, 7) is 8.93. The van der Waals surface area contributed by atoms with Crippen LogP contribution in [0.5, 0.6) is 0 Å². The van der Waals surface area contributed by atoms with Gasteiger partial charge in [0, 0.05) is 13.1 Å². The van der Waals surface area contributed by atoms with Gasteiger partial charge in [0.1, 0.15) is 0 Å². The first-order chi connectivity index (χ1) is 8.32. The lowest BCUT2D eigenvalue weighted by Crippen LogP contribution is -2.36. The summed E-state index contributed by atoms with van der Waals surface area (Å²) in [5.41, 5.74) is 0.776. The molecular formula is C15H28N2. The molecule has 0 aromatic heterocycles. The van der Waals surface area contributed by atoms with Crippen molar-refractivity contribution in [3.63, 3.8) is 0 Å². The van der Waals surface area contributed by atoms with Gasteiger partial charge >= 0.3 is 0 Å². The predicted molar refractivity (Wildman–Crippen MR) is 72.1 cm³/mol. The van der Waals surface area contributed by atoms with E-state index >= 15 is 0 Å². The molecule has 17 heavy (non-hydrogen) atoms. The summed E-state index contributed by atoms with van der Waals surface area (Å²) in [5.74, 6) is 2.07. The van der Waals surface area contributed by atoms with Gasteiger partial charge in [-0.3, -0.25) is 0 Å². The molecule has 2 saturated carbocycles. The molecular weight excluding hydrogens is 208 g/mol. The van der Waals surface area contributed by atoms with E-state index in [0.717, 1.165) is 17.3 Å². The van der Waals surface area contributed by atoms with Crippen molar-refractivity contribution >= 4 is 0 Å². The molecule has 2 aliphatic carbocycles. The van der Waals surface area contributed by atoms with E-state index in [1.54, 1.807) is 0 Å². The van der Waals surface area contributed by atoms with Gasteiger partial charge in [-0.1, -0.05) is 13.3 Å². The molecule has 1 aliphatic heterocycles. The van der Waals surface area contributed by atoms with Gasteiger partial charge in [-0.05, 0) is 69.0 Å². The Bertz CT molecular complexity index is 254. The topological polar surface area (TPSA) is 15.3 Å². The summed E-state index contributed by atoms with van der Waals surface area (Å²) in [4.78, 5) is 2.74. The van der Waals surface area contributed by atoms with Gasteiger partial charge in [0.2, 0.25) is 0 Å². The zero-order valence-electron chi connectivity index (χ0n) is 11.4. The van der Waals surface area contributed by atoms with Crippen molar-refractivity contribution in [1.82, 2.24) is 10.2 Å². The molecule has 98 valence electrons. The average Bonchev–Trinajstić information content (AvgIpc) is 2.95.